The Hall–Kier alpha value is -2.01. The summed E-state index contributed by atoms with van der Waals surface area (Å²) in [6.45, 7) is 2.87. The number of allylic oxidation sites excluding steroid dienone is 1. The molecule has 0 saturated carbocycles. The van der Waals surface area contributed by atoms with Crippen LogP contribution in [0.15, 0.2) is 30.5 Å². The zero-order valence-corrected chi connectivity index (χ0v) is 9.87. The molecule has 0 amide bonds. The molecule has 5 heteroatoms. The van der Waals surface area contributed by atoms with Gasteiger partial charge in [0.15, 0.2) is 17.3 Å². The number of rotatable bonds is 3. The summed E-state index contributed by atoms with van der Waals surface area (Å²) in [4.78, 5) is 13.8. The van der Waals surface area contributed by atoms with Gasteiger partial charge >= 0.3 is 0 Å². The van der Waals surface area contributed by atoms with Gasteiger partial charge in [0.1, 0.15) is 0 Å². The maximum Gasteiger partial charge on any atom is 0.187 e. The number of ketones is 1. The number of nitrogens with zero attached hydrogens (tertiary/aromatic N) is 1. The van der Waals surface area contributed by atoms with E-state index >= 15 is 0 Å². The second-order valence-electron chi connectivity index (χ2n) is 4.03. The van der Waals surface area contributed by atoms with Crippen molar-refractivity contribution in [1.82, 2.24) is 4.90 Å². The van der Waals surface area contributed by atoms with Gasteiger partial charge in [-0.15, -0.1) is 0 Å². The van der Waals surface area contributed by atoms with Gasteiger partial charge in [0.25, 0.3) is 0 Å². The number of ether oxygens (including phenoxy) is 1. The van der Waals surface area contributed by atoms with Crippen molar-refractivity contribution in [2.45, 2.75) is 0 Å². The van der Waals surface area contributed by atoms with E-state index in [-0.39, 0.29) is 17.3 Å². The van der Waals surface area contributed by atoms with Crippen LogP contribution in [0.25, 0.3) is 0 Å². The highest BCUT2D eigenvalue weighted by Gasteiger charge is 2.08. The van der Waals surface area contributed by atoms with Gasteiger partial charge in [0.2, 0.25) is 0 Å². The maximum absolute atomic E-state index is 11.8. The van der Waals surface area contributed by atoms with Crippen molar-refractivity contribution in [3.8, 4) is 11.5 Å². The van der Waals surface area contributed by atoms with Crippen molar-refractivity contribution in [2.75, 3.05) is 26.3 Å². The summed E-state index contributed by atoms with van der Waals surface area (Å²) < 4.78 is 5.20. The summed E-state index contributed by atoms with van der Waals surface area (Å²) in [6.07, 6.45) is 3.19. The predicted octanol–water partition coefficient (Wildman–Crippen LogP) is 1.13. The fraction of sp³-hybridized carbons (Fsp3) is 0.308. The Balaban J connectivity index is 2.02. The van der Waals surface area contributed by atoms with E-state index < -0.39 is 0 Å². The molecule has 0 bridgehead atoms. The van der Waals surface area contributed by atoms with E-state index in [4.69, 9.17) is 9.84 Å². The molecule has 1 saturated heterocycles. The average molecular weight is 249 g/mol. The Bertz CT molecular complexity index is 464. The largest absolute Gasteiger partial charge is 0.504 e. The van der Waals surface area contributed by atoms with Crippen molar-refractivity contribution >= 4 is 5.78 Å². The molecule has 2 N–H and O–H groups in total. The number of morpholine rings is 1. The van der Waals surface area contributed by atoms with E-state index in [0.717, 1.165) is 13.1 Å². The van der Waals surface area contributed by atoms with Crippen molar-refractivity contribution < 1.29 is 19.7 Å². The summed E-state index contributed by atoms with van der Waals surface area (Å²) in [5.41, 5.74) is 0.342. The van der Waals surface area contributed by atoms with E-state index in [0.29, 0.717) is 18.8 Å². The van der Waals surface area contributed by atoms with Gasteiger partial charge < -0.3 is 19.8 Å². The first-order chi connectivity index (χ1) is 8.66. The summed E-state index contributed by atoms with van der Waals surface area (Å²) in [6, 6.07) is 4.02. The first-order valence-corrected chi connectivity index (χ1v) is 5.73. The Morgan fingerprint density at radius 3 is 2.61 bits per heavy atom. The van der Waals surface area contributed by atoms with E-state index in [2.05, 4.69) is 0 Å². The molecule has 1 aliphatic heterocycles. The Morgan fingerprint density at radius 1 is 1.22 bits per heavy atom. The highest BCUT2D eigenvalue weighted by atomic mass is 16.5. The predicted molar refractivity (Wildman–Crippen MR) is 65.6 cm³/mol. The summed E-state index contributed by atoms with van der Waals surface area (Å²) in [7, 11) is 0. The monoisotopic (exact) mass is 249 g/mol. The van der Waals surface area contributed by atoms with Crippen LogP contribution in [-0.2, 0) is 4.74 Å². The molecule has 5 nitrogen and oxygen atoms in total. The fourth-order valence-corrected chi connectivity index (χ4v) is 1.67. The van der Waals surface area contributed by atoms with Gasteiger partial charge in [-0.2, -0.15) is 0 Å². The molecule has 0 spiro atoms. The number of hydrogen-bond acceptors (Lipinski definition) is 5. The summed E-state index contributed by atoms with van der Waals surface area (Å²) in [5.74, 6) is -0.735. The molecule has 1 aromatic rings. The van der Waals surface area contributed by atoms with E-state index in [1.54, 1.807) is 6.20 Å². The molecule has 1 heterocycles. The molecule has 0 aromatic heterocycles. The number of benzene rings is 1. The lowest BCUT2D eigenvalue weighted by Crippen LogP contribution is -2.32. The SMILES string of the molecule is O=C(/C=C/N1CCOCC1)c1ccc(O)c(O)c1. The molecule has 2 rings (SSSR count). The molecule has 0 radical (unpaired) electrons. The van der Waals surface area contributed by atoms with Gasteiger partial charge in [-0.3, -0.25) is 4.79 Å². The molecule has 96 valence electrons. The van der Waals surface area contributed by atoms with Crippen molar-refractivity contribution in [2.24, 2.45) is 0 Å². The average Bonchev–Trinajstić information content (AvgIpc) is 2.40. The third kappa shape index (κ3) is 3.01. The Labute approximate surface area is 105 Å². The third-order valence-electron chi connectivity index (χ3n) is 2.74. The molecule has 18 heavy (non-hydrogen) atoms. The molecular formula is C13H15NO4. The molecule has 1 aromatic carbocycles. The van der Waals surface area contributed by atoms with Crippen LogP contribution in [0.5, 0.6) is 11.5 Å². The van der Waals surface area contributed by atoms with Gasteiger partial charge in [-0.1, -0.05) is 0 Å². The van der Waals surface area contributed by atoms with Crippen LogP contribution in [0.4, 0.5) is 0 Å². The zero-order chi connectivity index (χ0) is 13.0. The highest BCUT2D eigenvalue weighted by Crippen LogP contribution is 2.25. The van der Waals surface area contributed by atoms with Crippen LogP contribution < -0.4 is 0 Å². The minimum atomic E-state index is -0.291. The van der Waals surface area contributed by atoms with Crippen molar-refractivity contribution in [3.63, 3.8) is 0 Å². The van der Waals surface area contributed by atoms with Crippen LogP contribution in [0, 0.1) is 0 Å². The lowest BCUT2D eigenvalue weighted by molar-refractivity contribution is 0.0591. The zero-order valence-electron chi connectivity index (χ0n) is 9.87. The second-order valence-corrected chi connectivity index (χ2v) is 4.03. The van der Waals surface area contributed by atoms with Gasteiger partial charge in [-0.05, 0) is 18.2 Å². The number of aromatic hydroxyl groups is 2. The second kappa shape index (κ2) is 5.55. The first kappa shape index (κ1) is 12.4. The van der Waals surface area contributed by atoms with Gasteiger partial charge in [0, 0.05) is 30.9 Å². The number of hydrogen-bond donors (Lipinski definition) is 2. The molecule has 0 unspecified atom stereocenters. The number of phenols is 2. The molecule has 0 atom stereocenters. The van der Waals surface area contributed by atoms with Crippen LogP contribution in [0.2, 0.25) is 0 Å². The Kier molecular flexibility index (Phi) is 3.84. The van der Waals surface area contributed by atoms with Gasteiger partial charge in [-0.25, -0.2) is 0 Å². The molecular weight excluding hydrogens is 234 g/mol. The quantitative estimate of drug-likeness (QED) is 0.477. The first-order valence-electron chi connectivity index (χ1n) is 5.73. The van der Waals surface area contributed by atoms with Crippen LogP contribution >= 0.6 is 0 Å². The van der Waals surface area contributed by atoms with E-state index in [1.807, 2.05) is 4.90 Å². The topological polar surface area (TPSA) is 70.0 Å². The number of phenolic OH excluding ortho intramolecular Hbond substituents is 2. The molecule has 0 aliphatic carbocycles. The lowest BCUT2D eigenvalue weighted by atomic mass is 10.1. The van der Waals surface area contributed by atoms with Crippen molar-refractivity contribution in [1.29, 1.82) is 0 Å². The smallest absolute Gasteiger partial charge is 0.187 e. The van der Waals surface area contributed by atoms with Crippen molar-refractivity contribution in [3.05, 3.63) is 36.0 Å². The standard InChI is InChI=1S/C13H15NO4/c15-11(3-4-14-5-7-18-8-6-14)10-1-2-12(16)13(17)9-10/h1-4,9,16-17H,5-8H2/b4-3+. The van der Waals surface area contributed by atoms with E-state index in [9.17, 15) is 9.90 Å². The third-order valence-corrected chi connectivity index (χ3v) is 2.74. The van der Waals surface area contributed by atoms with E-state index in [1.165, 1.54) is 24.3 Å². The number of carbonyl (C=O) groups excluding carboxylic acids is 1. The summed E-state index contributed by atoms with van der Waals surface area (Å²) >= 11 is 0. The Morgan fingerprint density at radius 2 is 1.94 bits per heavy atom. The normalized spacial score (nSPS) is 16.1. The minimum Gasteiger partial charge on any atom is -0.504 e. The maximum atomic E-state index is 11.8. The van der Waals surface area contributed by atoms with Crippen LogP contribution in [0.1, 0.15) is 10.4 Å². The number of carbonyl (C=O) groups is 1. The fourth-order valence-electron chi connectivity index (χ4n) is 1.67. The summed E-state index contributed by atoms with van der Waals surface area (Å²) in [5, 5.41) is 18.5. The van der Waals surface area contributed by atoms with Crippen LogP contribution in [-0.4, -0.2) is 47.2 Å². The molecule has 1 aliphatic rings. The highest BCUT2D eigenvalue weighted by molar-refractivity contribution is 6.04. The minimum absolute atomic E-state index is 0.211. The molecule has 1 fully saturated rings. The van der Waals surface area contributed by atoms with Crippen LogP contribution in [0.3, 0.4) is 0 Å². The lowest BCUT2D eigenvalue weighted by Gasteiger charge is -2.24. The van der Waals surface area contributed by atoms with Gasteiger partial charge in [0.05, 0.1) is 13.2 Å².